The molecule has 0 aromatic heterocycles. The van der Waals surface area contributed by atoms with E-state index in [1.807, 2.05) is 0 Å². The van der Waals surface area contributed by atoms with Crippen LogP contribution in [0, 0.1) is 28.6 Å². The summed E-state index contributed by atoms with van der Waals surface area (Å²) in [6, 6.07) is 0. The molecule has 0 saturated heterocycles. The fourth-order valence-corrected chi connectivity index (χ4v) is 8.15. The molecule has 0 spiro atoms. The van der Waals surface area contributed by atoms with Crippen LogP contribution in [0.5, 0.6) is 0 Å². The zero-order valence-electron chi connectivity index (χ0n) is 21.7. The van der Waals surface area contributed by atoms with E-state index in [-0.39, 0.29) is 22.6 Å². The van der Waals surface area contributed by atoms with E-state index < -0.39 is 13.9 Å². The Labute approximate surface area is 200 Å². The van der Waals surface area contributed by atoms with Crippen LogP contribution in [0.25, 0.3) is 0 Å². The summed E-state index contributed by atoms with van der Waals surface area (Å²) in [6.07, 6.45) is 10.3. The Morgan fingerprint density at radius 1 is 1.06 bits per heavy atom. The van der Waals surface area contributed by atoms with E-state index in [0.29, 0.717) is 24.2 Å². The van der Waals surface area contributed by atoms with Crippen LogP contribution in [0.3, 0.4) is 0 Å². The van der Waals surface area contributed by atoms with E-state index in [2.05, 4.69) is 57.7 Å². The highest BCUT2D eigenvalue weighted by Crippen LogP contribution is 2.67. The first-order chi connectivity index (χ1) is 15.2. The minimum Gasteiger partial charge on any atom is -0.455 e. The smallest absolute Gasteiger partial charge is 0.303 e. The molecule has 0 aromatic carbocycles. The lowest BCUT2D eigenvalue weighted by Crippen LogP contribution is -2.58. The quantitative estimate of drug-likeness (QED) is 0.278. The number of oxime groups is 1. The SMILES string of the molecule is CC(=O)OC1(C(C)=O)CCC2C3C=C(C)C4=C/C(=N/O[Si](C)(C)C)CCC4(C)C3CCC21C. The minimum atomic E-state index is -1.70. The van der Waals surface area contributed by atoms with Crippen molar-refractivity contribution < 1.29 is 18.9 Å². The van der Waals surface area contributed by atoms with Gasteiger partial charge in [-0.2, -0.15) is 0 Å². The molecule has 2 fully saturated rings. The zero-order valence-corrected chi connectivity index (χ0v) is 22.7. The molecule has 6 unspecified atom stereocenters. The van der Waals surface area contributed by atoms with Gasteiger partial charge in [0.05, 0.1) is 5.71 Å². The van der Waals surface area contributed by atoms with E-state index in [9.17, 15) is 9.59 Å². The summed E-state index contributed by atoms with van der Waals surface area (Å²) in [6.45, 7) is 16.4. The molecule has 5 nitrogen and oxygen atoms in total. The van der Waals surface area contributed by atoms with Gasteiger partial charge in [0, 0.05) is 12.3 Å². The Bertz CT molecular complexity index is 960. The van der Waals surface area contributed by atoms with Crippen LogP contribution in [0.15, 0.2) is 28.5 Å². The summed E-state index contributed by atoms with van der Waals surface area (Å²) in [7, 11) is -1.70. The number of esters is 1. The van der Waals surface area contributed by atoms with Gasteiger partial charge < -0.3 is 9.26 Å². The van der Waals surface area contributed by atoms with Crippen LogP contribution in [0.2, 0.25) is 19.6 Å². The number of fused-ring (bicyclic) bond motifs is 5. The van der Waals surface area contributed by atoms with Crippen LogP contribution < -0.4 is 0 Å². The van der Waals surface area contributed by atoms with Crippen molar-refractivity contribution in [3.63, 3.8) is 0 Å². The molecule has 4 aliphatic carbocycles. The first-order valence-corrected chi connectivity index (χ1v) is 16.0. The van der Waals surface area contributed by atoms with Crippen LogP contribution in [0.4, 0.5) is 0 Å². The Morgan fingerprint density at radius 2 is 1.73 bits per heavy atom. The first-order valence-electron chi connectivity index (χ1n) is 12.6. The number of ether oxygens (including phenoxy) is 1. The average molecular weight is 472 g/mol. The topological polar surface area (TPSA) is 65.0 Å². The number of carbonyl (C=O) groups is 2. The van der Waals surface area contributed by atoms with Crippen molar-refractivity contribution in [2.24, 2.45) is 33.7 Å². The zero-order chi connectivity index (χ0) is 24.4. The molecule has 4 aliphatic rings. The lowest BCUT2D eigenvalue weighted by Gasteiger charge is -2.58. The molecule has 0 heterocycles. The normalized spacial score (nSPS) is 41.3. The highest BCUT2D eigenvalue weighted by atomic mass is 28.4. The summed E-state index contributed by atoms with van der Waals surface area (Å²) in [4.78, 5) is 25.0. The number of ketones is 1. The monoisotopic (exact) mass is 471 g/mol. The predicted octanol–water partition coefficient (Wildman–Crippen LogP) is 6.21. The number of hydrogen-bond acceptors (Lipinski definition) is 5. The predicted molar refractivity (Wildman–Crippen MR) is 133 cm³/mol. The Morgan fingerprint density at radius 3 is 2.33 bits per heavy atom. The molecule has 182 valence electrons. The Balaban J connectivity index is 1.71. The van der Waals surface area contributed by atoms with Crippen molar-refractivity contribution in [1.82, 2.24) is 0 Å². The highest BCUT2D eigenvalue weighted by molar-refractivity contribution is 6.69. The molecule has 6 atom stereocenters. The molecule has 0 N–H and O–H groups in total. The molecule has 0 aromatic rings. The highest BCUT2D eigenvalue weighted by Gasteiger charge is 2.67. The van der Waals surface area contributed by atoms with Crippen LogP contribution in [-0.2, 0) is 18.9 Å². The maximum atomic E-state index is 12.9. The number of nitrogens with zero attached hydrogens (tertiary/aromatic N) is 1. The fourth-order valence-electron chi connectivity index (χ4n) is 7.76. The average Bonchev–Trinajstić information content (AvgIpc) is 2.99. The van der Waals surface area contributed by atoms with Crippen molar-refractivity contribution >= 4 is 25.8 Å². The summed E-state index contributed by atoms with van der Waals surface area (Å²) in [5, 5.41) is 4.53. The maximum absolute atomic E-state index is 12.9. The summed E-state index contributed by atoms with van der Waals surface area (Å²) in [5.74, 6) is 0.939. The van der Waals surface area contributed by atoms with Crippen molar-refractivity contribution in [2.75, 3.05) is 0 Å². The lowest BCUT2D eigenvalue weighted by atomic mass is 9.47. The van der Waals surface area contributed by atoms with Crippen molar-refractivity contribution in [3.8, 4) is 0 Å². The van der Waals surface area contributed by atoms with Gasteiger partial charge in [0.2, 0.25) is 0 Å². The second-order valence-corrected chi connectivity index (χ2v) is 16.8. The third-order valence-electron chi connectivity index (χ3n) is 9.29. The van der Waals surface area contributed by atoms with E-state index >= 15 is 0 Å². The van der Waals surface area contributed by atoms with Gasteiger partial charge in [0.1, 0.15) is 0 Å². The second-order valence-electron chi connectivity index (χ2n) is 12.4. The van der Waals surface area contributed by atoms with Gasteiger partial charge in [-0.1, -0.05) is 25.5 Å². The van der Waals surface area contributed by atoms with E-state index in [1.54, 1.807) is 6.92 Å². The van der Waals surface area contributed by atoms with Crippen LogP contribution in [0.1, 0.15) is 73.1 Å². The van der Waals surface area contributed by atoms with Gasteiger partial charge >= 0.3 is 5.97 Å². The Hall–Kier alpha value is -1.69. The maximum Gasteiger partial charge on any atom is 0.303 e. The van der Waals surface area contributed by atoms with E-state index in [4.69, 9.17) is 9.26 Å². The molecule has 2 saturated carbocycles. The van der Waals surface area contributed by atoms with Gasteiger partial charge in [-0.3, -0.25) is 9.59 Å². The minimum absolute atomic E-state index is 0.00498. The molecule has 0 aliphatic heterocycles. The Kier molecular flexibility index (Phi) is 5.87. The van der Waals surface area contributed by atoms with Gasteiger partial charge in [-0.05, 0) is 107 Å². The van der Waals surface area contributed by atoms with Crippen LogP contribution >= 0.6 is 0 Å². The summed E-state index contributed by atoms with van der Waals surface area (Å²) in [5.41, 5.74) is 2.61. The molecular weight excluding hydrogens is 430 g/mol. The molecule has 6 heteroatoms. The van der Waals surface area contributed by atoms with Gasteiger partial charge in [-0.25, -0.2) is 0 Å². The number of allylic oxidation sites excluding steroid dienone is 4. The molecule has 33 heavy (non-hydrogen) atoms. The number of carbonyl (C=O) groups excluding carboxylic acids is 2. The van der Waals surface area contributed by atoms with Crippen molar-refractivity contribution in [1.29, 1.82) is 0 Å². The summed E-state index contributed by atoms with van der Waals surface area (Å²) >= 11 is 0. The lowest BCUT2D eigenvalue weighted by molar-refractivity contribution is -0.185. The third-order valence-corrected chi connectivity index (χ3v) is 9.93. The third kappa shape index (κ3) is 3.77. The molecule has 0 radical (unpaired) electrons. The van der Waals surface area contributed by atoms with E-state index in [0.717, 1.165) is 37.8 Å². The molecule has 4 rings (SSSR count). The molecule has 0 amide bonds. The summed E-state index contributed by atoms with van der Waals surface area (Å²) < 4.78 is 11.8. The van der Waals surface area contributed by atoms with Crippen molar-refractivity contribution in [3.05, 3.63) is 23.3 Å². The van der Waals surface area contributed by atoms with Crippen LogP contribution in [-0.4, -0.2) is 31.4 Å². The number of Topliss-reactive ketones (excluding diaryl/α,β-unsaturated/α-hetero) is 1. The van der Waals surface area contributed by atoms with E-state index in [1.165, 1.54) is 18.1 Å². The standard InChI is InChI=1S/C27H41NO4Si/c1-17-15-21-22(25(4)12-9-20(16-24(17)25)28-32-33(6,7)8)10-13-26(5)23(21)11-14-27(26,18(2)29)31-19(3)30/h15-16,21-23H,9-14H2,1-8H3/b28-20+. The van der Waals surface area contributed by atoms with Gasteiger partial charge in [0.25, 0.3) is 8.32 Å². The van der Waals surface area contributed by atoms with Gasteiger partial charge in [-0.15, -0.1) is 5.16 Å². The largest absolute Gasteiger partial charge is 0.455 e. The van der Waals surface area contributed by atoms with Gasteiger partial charge in [0.15, 0.2) is 11.4 Å². The molecular formula is C27H41NO4Si. The second kappa shape index (κ2) is 7.93. The van der Waals surface area contributed by atoms with Crippen molar-refractivity contribution in [2.45, 2.75) is 98.4 Å². The fraction of sp³-hybridized carbons (Fsp3) is 0.741. The first kappa shape index (κ1) is 24.4. The molecule has 0 bridgehead atoms. The number of hydrogen-bond donors (Lipinski definition) is 0. The number of rotatable bonds is 4.